The summed E-state index contributed by atoms with van der Waals surface area (Å²) < 4.78 is 10.3. The van der Waals surface area contributed by atoms with Crippen molar-refractivity contribution >= 4 is 12.0 Å². The van der Waals surface area contributed by atoms with Crippen LogP contribution in [0, 0.1) is 0 Å². The second-order valence-electron chi connectivity index (χ2n) is 6.98. The van der Waals surface area contributed by atoms with Crippen LogP contribution < -0.4 is 10.6 Å². The minimum Gasteiger partial charge on any atom is -0.444 e. The van der Waals surface area contributed by atoms with Gasteiger partial charge < -0.3 is 40.5 Å². The highest BCUT2D eigenvalue weighted by Gasteiger charge is 2.43. The van der Waals surface area contributed by atoms with Crippen molar-refractivity contribution < 1.29 is 39.5 Å². The van der Waals surface area contributed by atoms with E-state index < -0.39 is 60.8 Å². The van der Waals surface area contributed by atoms with Crippen LogP contribution in [0.2, 0.25) is 0 Å². The highest BCUT2D eigenvalue weighted by Crippen LogP contribution is 2.20. The van der Waals surface area contributed by atoms with Crippen molar-refractivity contribution in [1.82, 2.24) is 10.6 Å². The number of carbonyl (C=O) groups excluding carboxylic acids is 2. The summed E-state index contributed by atoms with van der Waals surface area (Å²) in [7, 11) is 0. The Hall–Kier alpha value is -1.46. The second-order valence-corrected chi connectivity index (χ2v) is 6.98. The normalized spacial score (nSPS) is 31.1. The van der Waals surface area contributed by atoms with Crippen molar-refractivity contribution in [3.8, 4) is 0 Å². The summed E-state index contributed by atoms with van der Waals surface area (Å²) >= 11 is 0. The van der Waals surface area contributed by atoms with Crippen molar-refractivity contribution in [2.45, 2.75) is 69.9 Å². The smallest absolute Gasteiger partial charge is 0.408 e. The van der Waals surface area contributed by atoms with Crippen LogP contribution in [0.4, 0.5) is 4.79 Å². The highest BCUT2D eigenvalue weighted by molar-refractivity contribution is 5.85. The maximum absolute atomic E-state index is 12.0. The molecule has 6 N–H and O–H groups in total. The van der Waals surface area contributed by atoms with Crippen LogP contribution in [0.25, 0.3) is 0 Å². The van der Waals surface area contributed by atoms with Gasteiger partial charge in [0.05, 0.1) is 6.61 Å². The number of nitrogens with one attached hydrogen (secondary N) is 2. The van der Waals surface area contributed by atoms with Gasteiger partial charge in [-0.1, -0.05) is 0 Å². The third-order valence-electron chi connectivity index (χ3n) is 3.60. The Kier molecular flexibility index (Phi) is 7.57. The first kappa shape index (κ1) is 21.6. The molecule has 0 saturated carbocycles. The molecular formula is C15H28N2O8. The lowest BCUT2D eigenvalue weighted by atomic mass is 9.95. The number of amides is 2. The molecule has 10 heteroatoms. The first-order chi connectivity index (χ1) is 11.5. The van der Waals surface area contributed by atoms with Crippen molar-refractivity contribution in [3.05, 3.63) is 0 Å². The topological polar surface area (TPSA) is 158 Å². The van der Waals surface area contributed by atoms with Gasteiger partial charge in [-0.25, -0.2) is 4.79 Å². The fourth-order valence-corrected chi connectivity index (χ4v) is 2.25. The van der Waals surface area contributed by atoms with Gasteiger partial charge >= 0.3 is 6.09 Å². The van der Waals surface area contributed by atoms with Gasteiger partial charge in [0, 0.05) is 6.54 Å². The van der Waals surface area contributed by atoms with E-state index in [0.29, 0.717) is 0 Å². The molecule has 2 amide bonds. The lowest BCUT2D eigenvalue weighted by Gasteiger charge is -2.40. The molecule has 0 bridgehead atoms. The monoisotopic (exact) mass is 364 g/mol. The molecular weight excluding hydrogens is 336 g/mol. The van der Waals surface area contributed by atoms with E-state index in [0.717, 1.165) is 0 Å². The Morgan fingerprint density at radius 3 is 2.20 bits per heavy atom. The fraction of sp³-hybridized carbons (Fsp3) is 0.867. The van der Waals surface area contributed by atoms with E-state index in [9.17, 15) is 24.9 Å². The standard InChI is InChI=1S/C15H28N2O8/c1-7(17-14(23)25-15(2,3)4)13(22)16-5-8-10(19)12(21)11(20)9(6-18)24-8/h7-12,18-21H,5-6H2,1-4H3,(H,16,22)(H,17,23)/t7-,8?,9?,10-,11?,12+/m0/s1. The van der Waals surface area contributed by atoms with Crippen LogP contribution in [0.1, 0.15) is 27.7 Å². The maximum Gasteiger partial charge on any atom is 0.408 e. The summed E-state index contributed by atoms with van der Waals surface area (Å²) in [6, 6.07) is -0.903. The highest BCUT2D eigenvalue weighted by atomic mass is 16.6. The average Bonchev–Trinajstić information content (AvgIpc) is 2.49. The number of hydrogen-bond donors (Lipinski definition) is 6. The predicted molar refractivity (Wildman–Crippen MR) is 85.6 cm³/mol. The van der Waals surface area contributed by atoms with Gasteiger partial charge in [0.2, 0.25) is 5.91 Å². The van der Waals surface area contributed by atoms with Crippen molar-refractivity contribution in [2.24, 2.45) is 0 Å². The molecule has 3 unspecified atom stereocenters. The van der Waals surface area contributed by atoms with Gasteiger partial charge in [0.1, 0.15) is 42.2 Å². The molecule has 1 aliphatic heterocycles. The van der Waals surface area contributed by atoms with E-state index >= 15 is 0 Å². The summed E-state index contributed by atoms with van der Waals surface area (Å²) in [6.07, 6.45) is -7.22. The molecule has 0 aliphatic carbocycles. The van der Waals surface area contributed by atoms with E-state index in [-0.39, 0.29) is 6.54 Å². The van der Waals surface area contributed by atoms with E-state index in [1.807, 2.05) is 0 Å². The minimum absolute atomic E-state index is 0.180. The number of alkyl carbamates (subject to hydrolysis) is 1. The number of aliphatic hydroxyl groups excluding tert-OH is 4. The van der Waals surface area contributed by atoms with Crippen LogP contribution in [0.5, 0.6) is 0 Å². The van der Waals surface area contributed by atoms with Gasteiger partial charge in [-0.15, -0.1) is 0 Å². The number of hydrogen-bond acceptors (Lipinski definition) is 8. The summed E-state index contributed by atoms with van der Waals surface area (Å²) in [5.41, 5.74) is -0.698. The van der Waals surface area contributed by atoms with Crippen LogP contribution >= 0.6 is 0 Å². The molecule has 146 valence electrons. The van der Waals surface area contributed by atoms with E-state index in [4.69, 9.17) is 14.6 Å². The zero-order valence-electron chi connectivity index (χ0n) is 14.8. The summed E-state index contributed by atoms with van der Waals surface area (Å²) in [4.78, 5) is 23.6. The lowest BCUT2D eigenvalue weighted by Crippen LogP contribution is -2.61. The zero-order valence-corrected chi connectivity index (χ0v) is 14.8. The van der Waals surface area contributed by atoms with E-state index in [2.05, 4.69) is 10.6 Å². The van der Waals surface area contributed by atoms with Crippen molar-refractivity contribution in [1.29, 1.82) is 0 Å². The Labute approximate surface area is 146 Å². The van der Waals surface area contributed by atoms with Crippen molar-refractivity contribution in [3.63, 3.8) is 0 Å². The van der Waals surface area contributed by atoms with Gasteiger partial charge in [0.15, 0.2) is 0 Å². The number of aliphatic hydroxyl groups is 4. The largest absolute Gasteiger partial charge is 0.444 e. The second kappa shape index (κ2) is 8.77. The number of ether oxygens (including phenoxy) is 2. The molecule has 0 aromatic heterocycles. The average molecular weight is 364 g/mol. The van der Waals surface area contributed by atoms with Crippen LogP contribution in [0.15, 0.2) is 0 Å². The maximum atomic E-state index is 12.0. The molecule has 10 nitrogen and oxygen atoms in total. The van der Waals surface area contributed by atoms with E-state index in [1.54, 1.807) is 20.8 Å². The van der Waals surface area contributed by atoms with Crippen molar-refractivity contribution in [2.75, 3.05) is 13.2 Å². The summed E-state index contributed by atoms with van der Waals surface area (Å²) in [6.45, 7) is 5.79. The quantitative estimate of drug-likeness (QED) is 0.322. The lowest BCUT2D eigenvalue weighted by molar-refractivity contribution is -0.227. The zero-order chi connectivity index (χ0) is 19.4. The van der Waals surface area contributed by atoms with Gasteiger partial charge in [0.25, 0.3) is 0 Å². The number of rotatable bonds is 5. The Balaban J connectivity index is 2.50. The molecule has 0 aromatic carbocycles. The molecule has 1 aliphatic rings. The fourth-order valence-electron chi connectivity index (χ4n) is 2.25. The van der Waals surface area contributed by atoms with Gasteiger partial charge in [-0.2, -0.15) is 0 Å². The Morgan fingerprint density at radius 2 is 1.68 bits per heavy atom. The molecule has 0 radical (unpaired) electrons. The molecule has 25 heavy (non-hydrogen) atoms. The SMILES string of the molecule is C[C@H](NC(=O)OC(C)(C)C)C(=O)NCC1OC(CO)C(O)[C@H](O)[C@H]1O. The summed E-state index contributed by atoms with van der Waals surface area (Å²) in [5.74, 6) is -0.553. The van der Waals surface area contributed by atoms with E-state index in [1.165, 1.54) is 6.92 Å². The minimum atomic E-state index is -1.51. The Morgan fingerprint density at radius 1 is 1.12 bits per heavy atom. The van der Waals surface area contributed by atoms with Crippen LogP contribution in [0.3, 0.4) is 0 Å². The molecule has 6 atom stereocenters. The molecule has 0 spiro atoms. The van der Waals surface area contributed by atoms with Crippen LogP contribution in [-0.4, -0.2) is 87.7 Å². The van der Waals surface area contributed by atoms with Crippen LogP contribution in [-0.2, 0) is 14.3 Å². The molecule has 1 saturated heterocycles. The summed E-state index contributed by atoms with van der Waals surface area (Å²) in [5, 5.41) is 43.2. The number of carbonyl (C=O) groups is 2. The predicted octanol–water partition coefficient (Wildman–Crippen LogP) is -2.14. The first-order valence-corrected chi connectivity index (χ1v) is 8.04. The first-order valence-electron chi connectivity index (χ1n) is 8.04. The van der Waals surface area contributed by atoms with Gasteiger partial charge in [-0.3, -0.25) is 4.79 Å². The Bertz CT molecular complexity index is 465. The molecule has 1 rings (SSSR count). The van der Waals surface area contributed by atoms with Gasteiger partial charge in [-0.05, 0) is 27.7 Å². The third-order valence-corrected chi connectivity index (χ3v) is 3.60. The molecule has 0 aromatic rings. The molecule has 1 fully saturated rings. The molecule has 1 heterocycles. The third kappa shape index (κ3) is 6.40.